The molecule has 0 saturated carbocycles. The van der Waals surface area contributed by atoms with Gasteiger partial charge in [0.25, 0.3) is 10.0 Å². The number of rotatable bonds is 13. The van der Waals surface area contributed by atoms with E-state index in [1.807, 2.05) is 89.2 Å². The molecule has 0 spiro atoms. The van der Waals surface area contributed by atoms with Gasteiger partial charge < -0.3 is 15.0 Å². The first-order valence-corrected chi connectivity index (χ1v) is 17.3. The first-order valence-electron chi connectivity index (χ1n) is 15.5. The lowest BCUT2D eigenvalue weighted by Gasteiger charge is -2.35. The van der Waals surface area contributed by atoms with Crippen molar-refractivity contribution in [1.29, 1.82) is 0 Å². The van der Waals surface area contributed by atoms with E-state index in [0.29, 0.717) is 17.4 Å². The van der Waals surface area contributed by atoms with Crippen molar-refractivity contribution in [2.75, 3.05) is 17.5 Å². The van der Waals surface area contributed by atoms with Gasteiger partial charge in [-0.05, 0) is 94.3 Å². The van der Waals surface area contributed by atoms with Crippen LogP contribution in [0.1, 0.15) is 44.4 Å². The van der Waals surface area contributed by atoms with Gasteiger partial charge >= 0.3 is 0 Å². The van der Waals surface area contributed by atoms with Crippen LogP contribution in [-0.2, 0) is 32.6 Å². The van der Waals surface area contributed by atoms with Gasteiger partial charge in [-0.3, -0.25) is 13.9 Å². The van der Waals surface area contributed by atoms with E-state index in [2.05, 4.69) is 5.32 Å². The average Bonchev–Trinajstić information content (AvgIpc) is 3.03. The number of carbonyl (C=O) groups is 2. The fraction of sp³-hybridized carbons (Fsp3) is 0.297. The average molecular weight is 676 g/mol. The molecule has 0 aromatic heterocycles. The van der Waals surface area contributed by atoms with Gasteiger partial charge in [-0.25, -0.2) is 8.42 Å². The van der Waals surface area contributed by atoms with Crippen LogP contribution in [0, 0.1) is 6.92 Å². The van der Waals surface area contributed by atoms with Crippen LogP contribution >= 0.6 is 11.6 Å². The monoisotopic (exact) mass is 675 g/mol. The Balaban J connectivity index is 1.81. The lowest BCUT2D eigenvalue weighted by atomic mass is 10.0. The Hall–Kier alpha value is -4.34. The first kappa shape index (κ1) is 35.5. The fourth-order valence-electron chi connectivity index (χ4n) is 5.03. The number of amides is 2. The van der Waals surface area contributed by atoms with E-state index in [-0.39, 0.29) is 29.5 Å². The largest absolute Gasteiger partial charge is 0.494 e. The third-order valence-electron chi connectivity index (χ3n) is 7.36. The van der Waals surface area contributed by atoms with Crippen LogP contribution in [0.15, 0.2) is 108 Å². The molecule has 4 aromatic rings. The van der Waals surface area contributed by atoms with Gasteiger partial charge in [-0.15, -0.1) is 0 Å². The molecule has 0 aliphatic rings. The molecule has 0 aliphatic carbocycles. The second-order valence-electron chi connectivity index (χ2n) is 12.3. The van der Waals surface area contributed by atoms with E-state index in [0.717, 1.165) is 21.0 Å². The standard InChI is InChI=1S/C37H42ClN3O5S/c1-6-46-32-20-18-31(19-21-32)41(47(44,45)33-22-16-30(38)17-23-33)26-35(42)40(25-29-14-12-27(2)13-15-29)34(36(43)39-37(3,4)5)24-28-10-8-7-9-11-28/h7-23,34H,6,24-26H2,1-5H3,(H,39,43)/t34-/m1/s1. The molecule has 2 amide bonds. The van der Waals surface area contributed by atoms with Crippen molar-refractivity contribution >= 4 is 39.1 Å². The summed E-state index contributed by atoms with van der Waals surface area (Å²) in [6, 6.07) is 28.5. The van der Waals surface area contributed by atoms with Crippen LogP contribution in [0.3, 0.4) is 0 Å². The van der Waals surface area contributed by atoms with Crippen LogP contribution in [-0.4, -0.2) is 49.9 Å². The normalized spacial score (nSPS) is 12.2. The number of sulfonamides is 1. The van der Waals surface area contributed by atoms with E-state index in [9.17, 15) is 18.0 Å². The molecule has 0 unspecified atom stereocenters. The maximum Gasteiger partial charge on any atom is 0.264 e. The summed E-state index contributed by atoms with van der Waals surface area (Å²) in [5.41, 5.74) is 2.41. The molecule has 0 bridgehead atoms. The highest BCUT2D eigenvalue weighted by atomic mass is 35.5. The quantitative estimate of drug-likeness (QED) is 0.168. The molecule has 0 fully saturated rings. The minimum Gasteiger partial charge on any atom is -0.494 e. The smallest absolute Gasteiger partial charge is 0.264 e. The maximum absolute atomic E-state index is 14.6. The van der Waals surface area contributed by atoms with E-state index in [4.69, 9.17) is 16.3 Å². The van der Waals surface area contributed by atoms with Gasteiger partial charge in [0, 0.05) is 23.5 Å². The Morgan fingerprint density at radius 3 is 2.04 bits per heavy atom. The van der Waals surface area contributed by atoms with Crippen LogP contribution in [0.2, 0.25) is 5.02 Å². The zero-order chi connectivity index (χ0) is 34.2. The van der Waals surface area contributed by atoms with E-state index < -0.39 is 34.1 Å². The molecule has 4 rings (SSSR count). The lowest BCUT2D eigenvalue weighted by molar-refractivity contribution is -0.140. The molecule has 8 nitrogen and oxygen atoms in total. The third kappa shape index (κ3) is 9.83. The topological polar surface area (TPSA) is 96.0 Å². The fourth-order valence-corrected chi connectivity index (χ4v) is 6.58. The summed E-state index contributed by atoms with van der Waals surface area (Å²) in [7, 11) is -4.25. The number of halogens is 1. The van der Waals surface area contributed by atoms with Crippen molar-refractivity contribution in [3.63, 3.8) is 0 Å². The van der Waals surface area contributed by atoms with Gasteiger partial charge in [0.2, 0.25) is 11.8 Å². The van der Waals surface area contributed by atoms with Crippen LogP contribution in [0.25, 0.3) is 0 Å². The molecule has 1 N–H and O–H groups in total. The highest BCUT2D eigenvalue weighted by Gasteiger charge is 2.35. The highest BCUT2D eigenvalue weighted by molar-refractivity contribution is 7.92. The Morgan fingerprint density at radius 2 is 1.47 bits per heavy atom. The van der Waals surface area contributed by atoms with Gasteiger partial charge in [0.05, 0.1) is 17.2 Å². The number of aryl methyl sites for hydroxylation is 1. The lowest BCUT2D eigenvalue weighted by Crippen LogP contribution is -2.56. The summed E-state index contributed by atoms with van der Waals surface area (Å²) in [6.45, 7) is 9.43. The van der Waals surface area contributed by atoms with Gasteiger partial charge in [-0.2, -0.15) is 0 Å². The summed E-state index contributed by atoms with van der Waals surface area (Å²) < 4.78 is 35.0. The van der Waals surface area contributed by atoms with Crippen LogP contribution in [0.5, 0.6) is 5.75 Å². The first-order chi connectivity index (χ1) is 22.3. The van der Waals surface area contributed by atoms with Gasteiger partial charge in [-0.1, -0.05) is 71.8 Å². The van der Waals surface area contributed by atoms with Crippen LogP contribution in [0.4, 0.5) is 5.69 Å². The molecule has 47 heavy (non-hydrogen) atoms. The number of nitrogens with zero attached hydrogens (tertiary/aromatic N) is 2. The zero-order valence-corrected chi connectivity index (χ0v) is 29.0. The van der Waals surface area contributed by atoms with Crippen molar-refractivity contribution in [1.82, 2.24) is 10.2 Å². The predicted octanol–water partition coefficient (Wildman–Crippen LogP) is 6.80. The second-order valence-corrected chi connectivity index (χ2v) is 14.6. The van der Waals surface area contributed by atoms with Crippen molar-refractivity contribution < 1.29 is 22.7 Å². The van der Waals surface area contributed by atoms with Crippen molar-refractivity contribution in [3.05, 3.63) is 125 Å². The number of anilines is 1. The van der Waals surface area contributed by atoms with E-state index in [1.165, 1.54) is 29.2 Å². The number of ether oxygens (including phenoxy) is 1. The molecular formula is C37H42ClN3O5S. The molecular weight excluding hydrogens is 634 g/mol. The number of benzene rings is 4. The molecule has 0 aliphatic heterocycles. The minimum atomic E-state index is -4.25. The zero-order valence-electron chi connectivity index (χ0n) is 27.4. The van der Waals surface area contributed by atoms with E-state index in [1.54, 1.807) is 24.3 Å². The maximum atomic E-state index is 14.6. The Kier molecular flexibility index (Phi) is 11.7. The van der Waals surface area contributed by atoms with Gasteiger partial charge in [0.15, 0.2) is 0 Å². The number of hydrogen-bond donors (Lipinski definition) is 1. The summed E-state index contributed by atoms with van der Waals surface area (Å²) in [5, 5.41) is 3.42. The highest BCUT2D eigenvalue weighted by Crippen LogP contribution is 2.28. The van der Waals surface area contributed by atoms with Crippen LogP contribution < -0.4 is 14.4 Å². The molecule has 0 heterocycles. The summed E-state index contributed by atoms with van der Waals surface area (Å²) in [5.74, 6) is -0.314. The number of nitrogens with one attached hydrogen (secondary N) is 1. The summed E-state index contributed by atoms with van der Waals surface area (Å²) >= 11 is 6.07. The second kappa shape index (κ2) is 15.5. The Labute approximate surface area is 283 Å². The molecule has 248 valence electrons. The minimum absolute atomic E-state index is 0.0278. The Morgan fingerprint density at radius 1 is 0.851 bits per heavy atom. The van der Waals surface area contributed by atoms with Crippen molar-refractivity contribution in [2.45, 2.75) is 64.1 Å². The number of carbonyl (C=O) groups excluding carboxylic acids is 2. The SMILES string of the molecule is CCOc1ccc(N(CC(=O)N(Cc2ccc(C)cc2)[C@H](Cc2ccccc2)C(=O)NC(C)(C)C)S(=O)(=O)c2ccc(Cl)cc2)cc1. The molecule has 10 heteroatoms. The molecule has 0 saturated heterocycles. The third-order valence-corrected chi connectivity index (χ3v) is 9.40. The van der Waals surface area contributed by atoms with Crippen molar-refractivity contribution in [3.8, 4) is 5.75 Å². The predicted molar refractivity (Wildman–Crippen MR) is 187 cm³/mol. The van der Waals surface area contributed by atoms with E-state index >= 15 is 0 Å². The molecule has 1 atom stereocenters. The molecule has 0 radical (unpaired) electrons. The Bertz CT molecular complexity index is 1740. The van der Waals surface area contributed by atoms with Crippen molar-refractivity contribution in [2.24, 2.45) is 0 Å². The number of hydrogen-bond acceptors (Lipinski definition) is 5. The summed E-state index contributed by atoms with van der Waals surface area (Å²) in [4.78, 5) is 30.0. The summed E-state index contributed by atoms with van der Waals surface area (Å²) in [6.07, 6.45) is 0.230. The molecule has 4 aromatic carbocycles. The van der Waals surface area contributed by atoms with Gasteiger partial charge in [0.1, 0.15) is 18.3 Å².